The van der Waals surface area contributed by atoms with E-state index >= 15 is 0 Å². The molecule has 0 aliphatic carbocycles. The zero-order valence-electron chi connectivity index (χ0n) is 8.99. The Balaban J connectivity index is 3.36. The van der Waals surface area contributed by atoms with Gasteiger partial charge in [0.2, 0.25) is 0 Å². The zero-order valence-corrected chi connectivity index (χ0v) is 11.0. The Hall–Kier alpha value is -0.0231. The Morgan fingerprint density at radius 3 is 2.36 bits per heavy atom. The highest BCUT2D eigenvalue weighted by atomic mass is 32.2. The largest absolute Gasteiger partial charge is 0.397 e. The van der Waals surface area contributed by atoms with E-state index in [0.29, 0.717) is 0 Å². The normalized spacial score (nSPS) is 10.4. The molecule has 0 aliphatic heterocycles. The lowest BCUT2D eigenvalue weighted by Crippen LogP contribution is -2.22. The minimum Gasteiger partial charge on any atom is -0.397 e. The third-order valence-corrected chi connectivity index (χ3v) is 4.62. The lowest BCUT2D eigenvalue weighted by Gasteiger charge is -2.13. The average Bonchev–Trinajstić information content (AvgIpc) is 2.18. The van der Waals surface area contributed by atoms with Crippen LogP contribution < -0.4 is 0 Å². The van der Waals surface area contributed by atoms with Gasteiger partial charge in [0.05, 0.1) is 0 Å². The molecule has 0 heterocycles. The summed E-state index contributed by atoms with van der Waals surface area (Å²) in [5.41, 5.74) is 0. The van der Waals surface area contributed by atoms with Crippen molar-refractivity contribution in [2.75, 3.05) is 19.0 Å². The minimum atomic E-state index is -1.38. The summed E-state index contributed by atoms with van der Waals surface area (Å²) >= 11 is 1.33. The maximum Gasteiger partial charge on any atom is 0.321 e. The third-order valence-electron chi connectivity index (χ3n) is 1.71. The van der Waals surface area contributed by atoms with Gasteiger partial charge in [-0.15, -0.1) is 0 Å². The predicted molar refractivity (Wildman–Crippen MR) is 62.5 cm³/mol. The van der Waals surface area contributed by atoms with Crippen LogP contribution in [0.4, 0.5) is 0 Å². The van der Waals surface area contributed by atoms with E-state index in [4.69, 9.17) is 14.1 Å². The van der Waals surface area contributed by atoms with Crippen molar-refractivity contribution < 1.29 is 8.85 Å². The molecule has 3 nitrogen and oxygen atoms in total. The van der Waals surface area contributed by atoms with Crippen LogP contribution in [0.25, 0.3) is 0 Å². The van der Waals surface area contributed by atoms with Crippen molar-refractivity contribution in [3.05, 3.63) is 0 Å². The first-order valence-corrected chi connectivity index (χ1v) is 7.83. The molecule has 0 spiro atoms. The Labute approximate surface area is 92.6 Å². The van der Waals surface area contributed by atoms with Crippen LogP contribution in [-0.2, 0) is 8.85 Å². The van der Waals surface area contributed by atoms with Crippen molar-refractivity contribution in [3.8, 4) is 5.40 Å². The molecule has 0 bridgehead atoms. The molecule has 14 heavy (non-hydrogen) atoms. The fourth-order valence-corrected chi connectivity index (χ4v) is 3.35. The first-order chi connectivity index (χ1) is 6.85. The molecule has 0 saturated heterocycles. The fraction of sp³-hybridized carbons (Fsp3) is 0.889. The summed E-state index contributed by atoms with van der Waals surface area (Å²) in [7, 11) is -1.38. The second kappa shape index (κ2) is 11.1. The van der Waals surface area contributed by atoms with Gasteiger partial charge in [-0.2, -0.15) is 5.26 Å². The van der Waals surface area contributed by atoms with Crippen LogP contribution in [0.1, 0.15) is 26.7 Å². The van der Waals surface area contributed by atoms with Gasteiger partial charge in [0, 0.05) is 19.0 Å². The van der Waals surface area contributed by atoms with Crippen LogP contribution in [0, 0.1) is 10.7 Å². The summed E-state index contributed by atoms with van der Waals surface area (Å²) in [5.74, 6) is 0.926. The van der Waals surface area contributed by atoms with E-state index in [1.807, 2.05) is 13.8 Å². The molecule has 0 atom stereocenters. The van der Waals surface area contributed by atoms with E-state index < -0.39 is 9.28 Å². The van der Waals surface area contributed by atoms with Gasteiger partial charge < -0.3 is 8.85 Å². The van der Waals surface area contributed by atoms with Crippen LogP contribution in [-0.4, -0.2) is 28.3 Å². The summed E-state index contributed by atoms with van der Waals surface area (Å²) < 4.78 is 11.1. The summed E-state index contributed by atoms with van der Waals surface area (Å²) in [6, 6.07) is 1.06. The van der Waals surface area contributed by atoms with Crippen molar-refractivity contribution in [1.29, 1.82) is 5.26 Å². The van der Waals surface area contributed by atoms with Gasteiger partial charge in [-0.25, -0.2) is 0 Å². The van der Waals surface area contributed by atoms with Gasteiger partial charge in [0.15, 0.2) is 0 Å². The molecule has 0 N–H and O–H groups in total. The quantitative estimate of drug-likeness (QED) is 0.348. The number of hydrogen-bond donors (Lipinski definition) is 0. The molecule has 0 amide bonds. The second-order valence-electron chi connectivity index (χ2n) is 2.78. The zero-order chi connectivity index (χ0) is 10.6. The predicted octanol–water partition coefficient (Wildman–Crippen LogP) is 2.27. The SMILES string of the molecule is CCO[SiH](CCCCSC#N)OCC. The second-order valence-corrected chi connectivity index (χ2v) is 5.76. The number of unbranched alkanes of at least 4 members (excludes halogenated alkanes) is 1. The number of nitriles is 1. The summed E-state index contributed by atoms with van der Waals surface area (Å²) in [6.07, 6.45) is 2.20. The van der Waals surface area contributed by atoms with Gasteiger partial charge >= 0.3 is 9.28 Å². The molecular weight excluding hydrogens is 214 g/mol. The average molecular weight is 233 g/mol. The molecule has 0 aromatic carbocycles. The first-order valence-electron chi connectivity index (χ1n) is 5.09. The first kappa shape index (κ1) is 14.0. The molecule has 0 saturated carbocycles. The van der Waals surface area contributed by atoms with E-state index in [2.05, 4.69) is 5.40 Å². The van der Waals surface area contributed by atoms with E-state index in [-0.39, 0.29) is 0 Å². The number of thiocyanates is 1. The molecular formula is C9H19NO2SSi. The lowest BCUT2D eigenvalue weighted by molar-refractivity contribution is 0.213. The summed E-state index contributed by atoms with van der Waals surface area (Å²) in [4.78, 5) is 0. The molecule has 0 aromatic rings. The maximum atomic E-state index is 8.32. The van der Waals surface area contributed by atoms with E-state index in [0.717, 1.165) is 37.9 Å². The van der Waals surface area contributed by atoms with Crippen molar-refractivity contribution in [2.24, 2.45) is 0 Å². The van der Waals surface area contributed by atoms with Crippen molar-refractivity contribution in [2.45, 2.75) is 32.7 Å². The summed E-state index contributed by atoms with van der Waals surface area (Å²) in [6.45, 7) is 5.52. The van der Waals surface area contributed by atoms with Crippen LogP contribution in [0.3, 0.4) is 0 Å². The summed E-state index contributed by atoms with van der Waals surface area (Å²) in [5, 5.41) is 10.4. The Kier molecular flexibility index (Phi) is 11.0. The van der Waals surface area contributed by atoms with Crippen LogP contribution in [0.5, 0.6) is 0 Å². The monoisotopic (exact) mass is 233 g/mol. The Bertz CT molecular complexity index is 157. The molecule has 0 fully saturated rings. The fourth-order valence-electron chi connectivity index (χ4n) is 1.12. The highest BCUT2D eigenvalue weighted by Gasteiger charge is 2.10. The number of nitrogens with zero attached hydrogens (tertiary/aromatic N) is 1. The third kappa shape index (κ3) is 8.57. The van der Waals surface area contributed by atoms with Crippen molar-refractivity contribution in [1.82, 2.24) is 0 Å². The van der Waals surface area contributed by atoms with E-state index in [9.17, 15) is 0 Å². The topological polar surface area (TPSA) is 42.2 Å². The number of thioether (sulfide) groups is 1. The molecule has 82 valence electrons. The van der Waals surface area contributed by atoms with Crippen molar-refractivity contribution in [3.63, 3.8) is 0 Å². The highest BCUT2D eigenvalue weighted by Crippen LogP contribution is 2.08. The molecule has 5 heteroatoms. The number of rotatable bonds is 9. The standard InChI is InChI=1S/C9H19NO2SSi/c1-3-11-14(12-4-2)8-6-5-7-13-9-10/h14H,3-8H2,1-2H3. The van der Waals surface area contributed by atoms with Gasteiger partial charge in [-0.05, 0) is 38.1 Å². The molecule has 0 aromatic heterocycles. The smallest absolute Gasteiger partial charge is 0.321 e. The Morgan fingerprint density at radius 2 is 1.86 bits per heavy atom. The highest BCUT2D eigenvalue weighted by molar-refractivity contribution is 8.03. The van der Waals surface area contributed by atoms with Crippen LogP contribution in [0.2, 0.25) is 6.04 Å². The van der Waals surface area contributed by atoms with Gasteiger partial charge in [-0.3, -0.25) is 0 Å². The van der Waals surface area contributed by atoms with Crippen LogP contribution >= 0.6 is 11.8 Å². The number of hydrogen-bond acceptors (Lipinski definition) is 4. The molecule has 0 radical (unpaired) electrons. The van der Waals surface area contributed by atoms with Crippen molar-refractivity contribution >= 4 is 21.0 Å². The van der Waals surface area contributed by atoms with Crippen LogP contribution in [0.15, 0.2) is 0 Å². The van der Waals surface area contributed by atoms with E-state index in [1.54, 1.807) is 0 Å². The minimum absolute atomic E-state index is 0.754. The lowest BCUT2D eigenvalue weighted by atomic mass is 10.4. The molecule has 0 rings (SSSR count). The van der Waals surface area contributed by atoms with Gasteiger partial charge in [0.25, 0.3) is 0 Å². The van der Waals surface area contributed by atoms with E-state index in [1.165, 1.54) is 11.8 Å². The van der Waals surface area contributed by atoms with Gasteiger partial charge in [0.1, 0.15) is 5.40 Å². The van der Waals surface area contributed by atoms with Gasteiger partial charge in [-0.1, -0.05) is 6.42 Å². The molecule has 0 unspecified atom stereocenters. The molecule has 0 aliphatic rings. The Morgan fingerprint density at radius 1 is 1.21 bits per heavy atom. The maximum absolute atomic E-state index is 8.32.